The van der Waals surface area contributed by atoms with Gasteiger partial charge in [0, 0.05) is 26.2 Å². The molecular weight excluding hydrogens is 220 g/mol. The normalized spacial score (nSPS) is 22.1. The summed E-state index contributed by atoms with van der Waals surface area (Å²) in [6.07, 6.45) is 1.46. The van der Waals surface area contributed by atoms with Crippen LogP contribution in [0.15, 0.2) is 0 Å². The molecule has 0 aliphatic carbocycles. The highest BCUT2D eigenvalue weighted by molar-refractivity contribution is 5.78. The number of rotatable bonds is 5. The van der Waals surface area contributed by atoms with Gasteiger partial charge in [0.15, 0.2) is 0 Å². The zero-order valence-corrected chi connectivity index (χ0v) is 11.0. The smallest absolute Gasteiger partial charge is 0.234 e. The van der Waals surface area contributed by atoms with Gasteiger partial charge >= 0.3 is 0 Å². The molecule has 0 saturated carbocycles. The van der Waals surface area contributed by atoms with Gasteiger partial charge in [-0.2, -0.15) is 0 Å². The Labute approximate surface area is 103 Å². The monoisotopic (exact) mass is 244 g/mol. The van der Waals surface area contributed by atoms with Crippen LogP contribution in [0, 0.1) is 0 Å². The van der Waals surface area contributed by atoms with Crippen molar-refractivity contribution in [3.8, 4) is 0 Å². The number of piperidine rings is 1. The maximum atomic E-state index is 11.7. The molecule has 1 unspecified atom stereocenters. The number of hydrogen-bond donors (Lipinski definition) is 2. The summed E-state index contributed by atoms with van der Waals surface area (Å²) >= 11 is 0. The summed E-state index contributed by atoms with van der Waals surface area (Å²) in [5.74, 6) is 0.0242. The van der Waals surface area contributed by atoms with E-state index in [-0.39, 0.29) is 11.9 Å². The second kappa shape index (κ2) is 6.33. The second-order valence-corrected chi connectivity index (χ2v) is 5.20. The van der Waals surface area contributed by atoms with Gasteiger partial charge in [-0.15, -0.1) is 0 Å². The quantitative estimate of drug-likeness (QED) is 0.714. The molecular formula is C12H24N2O3. The molecule has 5 heteroatoms. The zero-order valence-electron chi connectivity index (χ0n) is 11.0. The largest absolute Gasteiger partial charge is 0.390 e. The number of aliphatic hydroxyl groups is 1. The third-order valence-corrected chi connectivity index (χ3v) is 3.12. The number of nitrogens with zero attached hydrogens (tertiary/aromatic N) is 1. The molecule has 0 spiro atoms. The molecule has 1 saturated heterocycles. The number of methoxy groups -OCH3 is 1. The van der Waals surface area contributed by atoms with Gasteiger partial charge in [0.2, 0.25) is 5.91 Å². The first-order valence-electron chi connectivity index (χ1n) is 6.16. The number of carbonyl (C=O) groups excluding carboxylic acids is 1. The lowest BCUT2D eigenvalue weighted by Crippen LogP contribution is -2.48. The molecule has 2 N–H and O–H groups in total. The molecule has 0 radical (unpaired) electrons. The van der Waals surface area contributed by atoms with Crippen LogP contribution in [0.2, 0.25) is 0 Å². The number of amides is 1. The van der Waals surface area contributed by atoms with Gasteiger partial charge in [-0.25, -0.2) is 0 Å². The fourth-order valence-electron chi connectivity index (χ4n) is 2.01. The molecule has 17 heavy (non-hydrogen) atoms. The van der Waals surface area contributed by atoms with E-state index in [1.807, 2.05) is 13.8 Å². The number of ether oxygens (including phenoxy) is 1. The summed E-state index contributed by atoms with van der Waals surface area (Å²) in [7, 11) is 1.62. The SMILES string of the molecule is COCC(C)NC(=O)CN1CCC(C)(O)CC1. The average Bonchev–Trinajstić information content (AvgIpc) is 2.21. The van der Waals surface area contributed by atoms with Gasteiger partial charge in [-0.3, -0.25) is 9.69 Å². The molecule has 0 aromatic rings. The minimum absolute atomic E-state index is 0.0242. The topological polar surface area (TPSA) is 61.8 Å². The van der Waals surface area contributed by atoms with E-state index < -0.39 is 5.60 Å². The summed E-state index contributed by atoms with van der Waals surface area (Å²) in [4.78, 5) is 13.8. The maximum Gasteiger partial charge on any atom is 0.234 e. The Hall–Kier alpha value is -0.650. The van der Waals surface area contributed by atoms with Crippen LogP contribution in [-0.4, -0.2) is 60.9 Å². The number of likely N-dealkylation sites (tertiary alicyclic amines) is 1. The second-order valence-electron chi connectivity index (χ2n) is 5.20. The minimum atomic E-state index is -0.559. The Balaban J connectivity index is 2.23. The molecule has 1 aliphatic rings. The third-order valence-electron chi connectivity index (χ3n) is 3.12. The zero-order chi connectivity index (χ0) is 12.9. The highest BCUT2D eigenvalue weighted by Crippen LogP contribution is 2.20. The van der Waals surface area contributed by atoms with Crippen molar-refractivity contribution in [3.05, 3.63) is 0 Å². The first kappa shape index (κ1) is 14.4. The van der Waals surface area contributed by atoms with Crippen LogP contribution in [0.4, 0.5) is 0 Å². The van der Waals surface area contributed by atoms with Crippen LogP contribution in [0.25, 0.3) is 0 Å². The van der Waals surface area contributed by atoms with Crippen molar-refractivity contribution in [1.82, 2.24) is 10.2 Å². The van der Waals surface area contributed by atoms with Crippen LogP contribution in [0.1, 0.15) is 26.7 Å². The first-order chi connectivity index (χ1) is 7.93. The molecule has 1 aliphatic heterocycles. The Bertz CT molecular complexity index is 246. The molecule has 0 aromatic heterocycles. The molecule has 1 fully saturated rings. The van der Waals surface area contributed by atoms with E-state index in [0.29, 0.717) is 13.2 Å². The molecule has 1 atom stereocenters. The molecule has 1 rings (SSSR count). The lowest BCUT2D eigenvalue weighted by Gasteiger charge is -2.35. The fraction of sp³-hybridized carbons (Fsp3) is 0.917. The average molecular weight is 244 g/mol. The van der Waals surface area contributed by atoms with Crippen molar-refractivity contribution in [2.45, 2.75) is 38.3 Å². The summed E-state index contributed by atoms with van der Waals surface area (Å²) in [5, 5.41) is 12.7. The van der Waals surface area contributed by atoms with E-state index in [0.717, 1.165) is 25.9 Å². The highest BCUT2D eigenvalue weighted by atomic mass is 16.5. The Morgan fingerprint density at radius 1 is 1.53 bits per heavy atom. The van der Waals surface area contributed by atoms with Gasteiger partial charge in [-0.05, 0) is 26.7 Å². The standard InChI is InChI=1S/C12H24N2O3/c1-10(9-17-3)13-11(15)8-14-6-4-12(2,16)5-7-14/h10,16H,4-9H2,1-3H3,(H,13,15). The molecule has 0 bridgehead atoms. The lowest BCUT2D eigenvalue weighted by molar-refractivity contribution is -0.124. The van der Waals surface area contributed by atoms with Gasteiger partial charge in [0.1, 0.15) is 0 Å². The van der Waals surface area contributed by atoms with Crippen molar-refractivity contribution < 1.29 is 14.6 Å². The Morgan fingerprint density at radius 2 is 2.12 bits per heavy atom. The van der Waals surface area contributed by atoms with Crippen LogP contribution in [0.3, 0.4) is 0 Å². The summed E-state index contributed by atoms with van der Waals surface area (Å²) < 4.78 is 4.96. The molecule has 1 amide bonds. The molecule has 5 nitrogen and oxygen atoms in total. The predicted octanol–water partition coefficient (Wildman–Crippen LogP) is -0.0157. The number of hydrogen-bond acceptors (Lipinski definition) is 4. The van der Waals surface area contributed by atoms with Crippen LogP contribution in [-0.2, 0) is 9.53 Å². The number of nitrogens with one attached hydrogen (secondary N) is 1. The fourth-order valence-corrected chi connectivity index (χ4v) is 2.01. The van der Waals surface area contributed by atoms with Crippen molar-refractivity contribution >= 4 is 5.91 Å². The predicted molar refractivity (Wildman–Crippen MR) is 65.8 cm³/mol. The Kier molecular flexibility index (Phi) is 5.36. The Morgan fingerprint density at radius 3 is 2.65 bits per heavy atom. The van der Waals surface area contributed by atoms with Crippen molar-refractivity contribution in [3.63, 3.8) is 0 Å². The first-order valence-corrected chi connectivity index (χ1v) is 6.16. The van der Waals surface area contributed by atoms with E-state index in [2.05, 4.69) is 10.2 Å². The summed E-state index contributed by atoms with van der Waals surface area (Å²) in [6, 6.07) is 0.0420. The lowest BCUT2D eigenvalue weighted by atomic mass is 9.94. The van der Waals surface area contributed by atoms with Crippen molar-refractivity contribution in [2.24, 2.45) is 0 Å². The van der Waals surface area contributed by atoms with E-state index in [1.54, 1.807) is 7.11 Å². The van der Waals surface area contributed by atoms with Crippen LogP contribution >= 0.6 is 0 Å². The van der Waals surface area contributed by atoms with Gasteiger partial charge in [0.25, 0.3) is 0 Å². The van der Waals surface area contributed by atoms with Gasteiger partial charge in [0.05, 0.1) is 18.8 Å². The van der Waals surface area contributed by atoms with Gasteiger partial charge < -0.3 is 15.2 Å². The highest BCUT2D eigenvalue weighted by Gasteiger charge is 2.28. The molecule has 0 aromatic carbocycles. The number of carbonyl (C=O) groups is 1. The van der Waals surface area contributed by atoms with Crippen LogP contribution < -0.4 is 5.32 Å². The van der Waals surface area contributed by atoms with E-state index in [4.69, 9.17) is 4.74 Å². The van der Waals surface area contributed by atoms with E-state index in [1.165, 1.54) is 0 Å². The molecule has 1 heterocycles. The molecule has 100 valence electrons. The van der Waals surface area contributed by atoms with Gasteiger partial charge in [-0.1, -0.05) is 0 Å². The van der Waals surface area contributed by atoms with Crippen molar-refractivity contribution in [2.75, 3.05) is 33.4 Å². The van der Waals surface area contributed by atoms with E-state index >= 15 is 0 Å². The third kappa shape index (κ3) is 5.48. The summed E-state index contributed by atoms with van der Waals surface area (Å²) in [5.41, 5.74) is -0.559. The van der Waals surface area contributed by atoms with Crippen LogP contribution in [0.5, 0.6) is 0 Å². The summed E-state index contributed by atoms with van der Waals surface area (Å²) in [6.45, 7) is 6.26. The minimum Gasteiger partial charge on any atom is -0.390 e. The van der Waals surface area contributed by atoms with Crippen molar-refractivity contribution in [1.29, 1.82) is 0 Å². The maximum absolute atomic E-state index is 11.7. The van der Waals surface area contributed by atoms with E-state index in [9.17, 15) is 9.90 Å².